The predicted octanol–water partition coefficient (Wildman–Crippen LogP) is 8.10. The molecule has 0 aromatic heterocycles. The molecule has 1 aliphatic rings. The number of unbranched alkanes of at least 4 members (excludes halogenated alkanes) is 2. The second kappa shape index (κ2) is 9.46. The zero-order chi connectivity index (χ0) is 23.7. The van der Waals surface area contributed by atoms with Crippen LogP contribution in [0.3, 0.4) is 0 Å². The van der Waals surface area contributed by atoms with Crippen LogP contribution in [0.25, 0.3) is 16.7 Å². The second-order valence-corrected chi connectivity index (χ2v) is 8.36. The topological polar surface area (TPSA) is 0 Å². The fourth-order valence-corrected chi connectivity index (χ4v) is 4.30. The summed E-state index contributed by atoms with van der Waals surface area (Å²) >= 11 is 0. The molecule has 0 N–H and O–H groups in total. The van der Waals surface area contributed by atoms with Gasteiger partial charge in [-0.25, -0.2) is 26.3 Å². The summed E-state index contributed by atoms with van der Waals surface area (Å²) in [5, 5.41) is 0. The lowest BCUT2D eigenvalue weighted by Crippen LogP contribution is -2.08. The van der Waals surface area contributed by atoms with Gasteiger partial charge in [0.1, 0.15) is 17.5 Å². The van der Waals surface area contributed by atoms with E-state index in [0.29, 0.717) is 28.7 Å². The molecule has 0 spiro atoms. The highest BCUT2D eigenvalue weighted by Gasteiger charge is 2.22. The summed E-state index contributed by atoms with van der Waals surface area (Å²) in [6.07, 6.45) is 5.50. The van der Waals surface area contributed by atoms with Gasteiger partial charge in [-0.3, -0.25) is 0 Å². The molecule has 0 heterocycles. The van der Waals surface area contributed by atoms with Gasteiger partial charge < -0.3 is 0 Å². The highest BCUT2D eigenvalue weighted by molar-refractivity contribution is 5.74. The number of halogens is 6. The van der Waals surface area contributed by atoms with Crippen LogP contribution < -0.4 is 0 Å². The second-order valence-electron chi connectivity index (χ2n) is 8.36. The van der Waals surface area contributed by atoms with Crippen molar-refractivity contribution in [2.45, 2.75) is 45.4 Å². The molecule has 6 heteroatoms. The Balaban J connectivity index is 1.63. The Labute approximate surface area is 188 Å². The Morgan fingerprint density at radius 2 is 1.36 bits per heavy atom. The third kappa shape index (κ3) is 4.70. The van der Waals surface area contributed by atoms with Crippen molar-refractivity contribution in [2.24, 2.45) is 0 Å². The SMILES string of the molecule is CCCCCc1cc(F)c(C2=CCc3cc(-c4cc(F)c(F)c(F)c4)c(F)cc3C2)c(F)c1. The van der Waals surface area contributed by atoms with Crippen molar-refractivity contribution >= 4 is 5.57 Å². The molecule has 0 saturated carbocycles. The minimum absolute atomic E-state index is 0.0720. The molecule has 0 saturated heterocycles. The first-order valence-electron chi connectivity index (χ1n) is 10.9. The highest BCUT2D eigenvalue weighted by atomic mass is 19.2. The Morgan fingerprint density at radius 1 is 0.697 bits per heavy atom. The van der Waals surface area contributed by atoms with Crippen molar-refractivity contribution in [3.63, 3.8) is 0 Å². The van der Waals surface area contributed by atoms with Gasteiger partial charge in [0.15, 0.2) is 17.5 Å². The van der Waals surface area contributed by atoms with E-state index in [1.165, 1.54) is 24.3 Å². The first-order chi connectivity index (χ1) is 15.8. The zero-order valence-electron chi connectivity index (χ0n) is 18.1. The summed E-state index contributed by atoms with van der Waals surface area (Å²) in [5.41, 5.74) is 1.90. The van der Waals surface area contributed by atoms with E-state index in [-0.39, 0.29) is 29.5 Å². The van der Waals surface area contributed by atoms with Gasteiger partial charge in [0, 0.05) is 11.1 Å². The molecule has 0 bridgehead atoms. The van der Waals surface area contributed by atoms with Gasteiger partial charge in [0.05, 0.1) is 0 Å². The number of hydrogen-bond acceptors (Lipinski definition) is 0. The van der Waals surface area contributed by atoms with Crippen LogP contribution in [0.5, 0.6) is 0 Å². The number of fused-ring (bicyclic) bond motifs is 1. The lowest BCUT2D eigenvalue weighted by molar-refractivity contribution is 0.447. The van der Waals surface area contributed by atoms with Crippen LogP contribution >= 0.6 is 0 Å². The molecule has 33 heavy (non-hydrogen) atoms. The van der Waals surface area contributed by atoms with Gasteiger partial charge in [0.2, 0.25) is 0 Å². The first kappa shape index (κ1) is 23.1. The van der Waals surface area contributed by atoms with E-state index in [2.05, 4.69) is 6.92 Å². The number of rotatable bonds is 6. The number of hydrogen-bond donors (Lipinski definition) is 0. The Morgan fingerprint density at radius 3 is 2.00 bits per heavy atom. The fraction of sp³-hybridized carbons (Fsp3) is 0.259. The molecule has 0 aliphatic heterocycles. The predicted molar refractivity (Wildman–Crippen MR) is 117 cm³/mol. The molecule has 3 aromatic carbocycles. The molecular weight excluding hydrogens is 438 g/mol. The van der Waals surface area contributed by atoms with Crippen LogP contribution in [0.15, 0.2) is 42.5 Å². The molecular formula is C27H22F6. The van der Waals surface area contributed by atoms with Crippen molar-refractivity contribution in [2.75, 3.05) is 0 Å². The molecule has 0 fully saturated rings. The highest BCUT2D eigenvalue weighted by Crippen LogP contribution is 2.35. The smallest absolute Gasteiger partial charge is 0.194 e. The van der Waals surface area contributed by atoms with Crippen LogP contribution in [0.4, 0.5) is 26.3 Å². The van der Waals surface area contributed by atoms with E-state index < -0.39 is 34.9 Å². The fourth-order valence-electron chi connectivity index (χ4n) is 4.30. The van der Waals surface area contributed by atoms with Gasteiger partial charge in [-0.1, -0.05) is 25.8 Å². The third-order valence-electron chi connectivity index (χ3n) is 6.03. The van der Waals surface area contributed by atoms with E-state index in [1.807, 2.05) is 0 Å². The Bertz CT molecular complexity index is 1200. The molecule has 4 rings (SSSR count). The zero-order valence-corrected chi connectivity index (χ0v) is 18.1. The first-order valence-corrected chi connectivity index (χ1v) is 10.9. The molecule has 3 aromatic rings. The van der Waals surface area contributed by atoms with Crippen LogP contribution in [0, 0.1) is 34.9 Å². The van der Waals surface area contributed by atoms with E-state index in [0.717, 1.165) is 31.4 Å². The van der Waals surface area contributed by atoms with Gasteiger partial charge in [0.25, 0.3) is 0 Å². The Hall–Kier alpha value is -3.02. The lowest BCUT2D eigenvalue weighted by Gasteiger charge is -2.20. The maximum absolute atomic E-state index is 14.8. The summed E-state index contributed by atoms with van der Waals surface area (Å²) in [4.78, 5) is 0. The van der Waals surface area contributed by atoms with Crippen molar-refractivity contribution in [3.05, 3.63) is 99.6 Å². The van der Waals surface area contributed by atoms with Gasteiger partial charge in [-0.15, -0.1) is 0 Å². The Kier molecular flexibility index (Phi) is 6.63. The lowest BCUT2D eigenvalue weighted by atomic mass is 9.85. The number of allylic oxidation sites excluding steroid dienone is 2. The van der Waals surface area contributed by atoms with E-state index in [1.54, 1.807) is 6.08 Å². The van der Waals surface area contributed by atoms with Crippen LogP contribution in [0.2, 0.25) is 0 Å². The van der Waals surface area contributed by atoms with Gasteiger partial charge in [-0.2, -0.15) is 0 Å². The molecule has 1 aliphatic carbocycles. The average molecular weight is 460 g/mol. The molecule has 0 radical (unpaired) electrons. The molecule has 0 nitrogen and oxygen atoms in total. The standard InChI is InChI=1S/C27H22F6/c1-2-3-4-5-15-8-22(29)26(23(30)9-15)17-7-6-16-11-20(21(28)12-18(16)10-17)19-13-24(31)27(33)25(32)14-19/h7-9,11-14H,2-6,10H2,1H3. The van der Waals surface area contributed by atoms with Crippen molar-refractivity contribution in [1.82, 2.24) is 0 Å². The minimum Gasteiger partial charge on any atom is -0.206 e. The maximum atomic E-state index is 14.8. The third-order valence-corrected chi connectivity index (χ3v) is 6.03. The summed E-state index contributed by atoms with van der Waals surface area (Å²) in [6.45, 7) is 2.06. The van der Waals surface area contributed by atoms with Crippen LogP contribution in [0.1, 0.15) is 48.4 Å². The van der Waals surface area contributed by atoms with Gasteiger partial charge >= 0.3 is 0 Å². The summed E-state index contributed by atoms with van der Waals surface area (Å²) in [6, 6.07) is 6.82. The van der Waals surface area contributed by atoms with E-state index in [4.69, 9.17) is 0 Å². The summed E-state index contributed by atoms with van der Waals surface area (Å²) in [5.74, 6) is -6.49. The molecule has 0 amide bonds. The number of benzene rings is 3. The van der Waals surface area contributed by atoms with Crippen molar-refractivity contribution in [3.8, 4) is 11.1 Å². The van der Waals surface area contributed by atoms with Crippen LogP contribution in [-0.4, -0.2) is 0 Å². The quantitative estimate of drug-likeness (QED) is 0.198. The van der Waals surface area contributed by atoms with E-state index in [9.17, 15) is 26.3 Å². The molecule has 0 unspecified atom stereocenters. The molecule has 172 valence electrons. The van der Waals surface area contributed by atoms with Crippen LogP contribution in [-0.2, 0) is 19.3 Å². The molecule has 0 atom stereocenters. The number of aryl methyl sites for hydroxylation is 1. The summed E-state index contributed by atoms with van der Waals surface area (Å²) in [7, 11) is 0. The van der Waals surface area contributed by atoms with Gasteiger partial charge in [-0.05, 0) is 89.9 Å². The largest absolute Gasteiger partial charge is 0.206 e. The van der Waals surface area contributed by atoms with Crippen molar-refractivity contribution < 1.29 is 26.3 Å². The minimum atomic E-state index is -1.62. The van der Waals surface area contributed by atoms with Crippen molar-refractivity contribution in [1.29, 1.82) is 0 Å². The summed E-state index contributed by atoms with van der Waals surface area (Å²) < 4.78 is 84.9. The monoisotopic (exact) mass is 460 g/mol. The normalized spacial score (nSPS) is 13.1. The average Bonchev–Trinajstić information content (AvgIpc) is 2.76. The van der Waals surface area contributed by atoms with E-state index >= 15 is 0 Å². The maximum Gasteiger partial charge on any atom is 0.194 e.